The molecule has 1 N–H and O–H groups in total. The first-order valence-corrected chi connectivity index (χ1v) is 8.10. The van der Waals surface area contributed by atoms with Gasteiger partial charge in [-0.05, 0) is 50.2 Å². The van der Waals surface area contributed by atoms with Crippen molar-refractivity contribution in [2.75, 3.05) is 6.54 Å². The van der Waals surface area contributed by atoms with Gasteiger partial charge in [-0.3, -0.25) is 4.79 Å². The van der Waals surface area contributed by atoms with Crippen molar-refractivity contribution in [3.05, 3.63) is 76.9 Å². The maximum atomic E-state index is 13.0. The van der Waals surface area contributed by atoms with E-state index in [2.05, 4.69) is 10.3 Å². The Kier molecular flexibility index (Phi) is 4.93. The molecule has 0 bridgehead atoms. The third-order valence-electron chi connectivity index (χ3n) is 3.94. The molecule has 3 aromatic rings. The molecule has 1 amide bonds. The summed E-state index contributed by atoms with van der Waals surface area (Å²) in [6, 6.07) is 13.4. The number of aromatic nitrogens is 1. The van der Waals surface area contributed by atoms with Crippen LogP contribution in [0.25, 0.3) is 11.5 Å². The number of halogens is 1. The van der Waals surface area contributed by atoms with Crippen LogP contribution in [0.15, 0.2) is 52.9 Å². The molecule has 0 aliphatic carbocycles. The Hall–Kier alpha value is -2.95. The van der Waals surface area contributed by atoms with Crippen LogP contribution in [0, 0.1) is 19.7 Å². The molecular weight excluding hydrogens is 319 g/mol. The highest BCUT2D eigenvalue weighted by Crippen LogP contribution is 2.22. The van der Waals surface area contributed by atoms with Crippen LogP contribution in [-0.2, 0) is 6.42 Å². The molecule has 3 rings (SSSR count). The molecular formula is C20H19FN2O2. The number of aryl methyl sites for hydroxylation is 2. The molecule has 4 nitrogen and oxygen atoms in total. The summed E-state index contributed by atoms with van der Waals surface area (Å²) in [6.45, 7) is 4.27. The van der Waals surface area contributed by atoms with Gasteiger partial charge in [-0.1, -0.05) is 17.7 Å². The first kappa shape index (κ1) is 16.9. The van der Waals surface area contributed by atoms with Gasteiger partial charge in [-0.25, -0.2) is 9.37 Å². The molecule has 25 heavy (non-hydrogen) atoms. The molecule has 0 spiro atoms. The lowest BCUT2D eigenvalue weighted by atomic mass is 10.1. The Labute approximate surface area is 145 Å². The summed E-state index contributed by atoms with van der Waals surface area (Å²) in [5.41, 5.74) is 3.25. The van der Waals surface area contributed by atoms with Gasteiger partial charge in [0.05, 0.1) is 5.69 Å². The van der Waals surface area contributed by atoms with Crippen molar-refractivity contribution in [3.63, 3.8) is 0 Å². The topological polar surface area (TPSA) is 55.1 Å². The van der Waals surface area contributed by atoms with Crippen LogP contribution < -0.4 is 5.32 Å². The number of carbonyl (C=O) groups is 1. The average molecular weight is 338 g/mol. The number of carbonyl (C=O) groups excluding carboxylic acids is 1. The summed E-state index contributed by atoms with van der Waals surface area (Å²) >= 11 is 0. The highest BCUT2D eigenvalue weighted by atomic mass is 19.1. The second kappa shape index (κ2) is 7.30. The van der Waals surface area contributed by atoms with E-state index in [1.807, 2.05) is 26.0 Å². The van der Waals surface area contributed by atoms with Gasteiger partial charge in [0.15, 0.2) is 0 Å². The zero-order chi connectivity index (χ0) is 17.8. The van der Waals surface area contributed by atoms with Crippen LogP contribution in [-0.4, -0.2) is 17.4 Å². The number of hydrogen-bond acceptors (Lipinski definition) is 3. The van der Waals surface area contributed by atoms with Gasteiger partial charge in [0, 0.05) is 24.1 Å². The van der Waals surface area contributed by atoms with Gasteiger partial charge in [0.1, 0.15) is 11.6 Å². The van der Waals surface area contributed by atoms with Crippen molar-refractivity contribution >= 4 is 5.91 Å². The van der Waals surface area contributed by atoms with Crippen LogP contribution in [0.2, 0.25) is 0 Å². The summed E-state index contributed by atoms with van der Waals surface area (Å²) in [7, 11) is 0. The molecule has 128 valence electrons. The van der Waals surface area contributed by atoms with Gasteiger partial charge in [-0.15, -0.1) is 0 Å². The Morgan fingerprint density at radius 1 is 1.08 bits per heavy atom. The monoisotopic (exact) mass is 338 g/mol. The average Bonchev–Trinajstić information content (AvgIpc) is 2.97. The maximum absolute atomic E-state index is 13.0. The molecule has 0 aliphatic rings. The second-order valence-electron chi connectivity index (χ2n) is 5.90. The van der Waals surface area contributed by atoms with Gasteiger partial charge in [0.2, 0.25) is 5.89 Å². The molecule has 0 fully saturated rings. The normalized spacial score (nSPS) is 10.7. The molecule has 0 saturated heterocycles. The van der Waals surface area contributed by atoms with E-state index in [9.17, 15) is 9.18 Å². The summed E-state index contributed by atoms with van der Waals surface area (Å²) in [4.78, 5) is 16.5. The van der Waals surface area contributed by atoms with Gasteiger partial charge < -0.3 is 9.73 Å². The van der Waals surface area contributed by atoms with Crippen molar-refractivity contribution in [3.8, 4) is 11.5 Å². The Balaban J connectivity index is 1.61. The quantitative estimate of drug-likeness (QED) is 0.763. The number of oxazole rings is 1. The number of benzene rings is 2. The van der Waals surface area contributed by atoms with Gasteiger partial charge in [-0.2, -0.15) is 0 Å². The number of hydrogen-bond donors (Lipinski definition) is 1. The van der Waals surface area contributed by atoms with E-state index in [0.717, 1.165) is 16.8 Å². The summed E-state index contributed by atoms with van der Waals surface area (Å²) < 4.78 is 18.6. The van der Waals surface area contributed by atoms with Crippen molar-refractivity contribution in [1.29, 1.82) is 0 Å². The van der Waals surface area contributed by atoms with E-state index in [4.69, 9.17) is 4.42 Å². The first-order valence-electron chi connectivity index (χ1n) is 8.10. The van der Waals surface area contributed by atoms with Crippen molar-refractivity contribution in [2.45, 2.75) is 20.3 Å². The van der Waals surface area contributed by atoms with Crippen LogP contribution in [0.5, 0.6) is 0 Å². The molecule has 2 aromatic carbocycles. The lowest BCUT2D eigenvalue weighted by molar-refractivity contribution is 0.0954. The standard InChI is InChI=1S/C20H19FN2O2/c1-13-3-5-15(6-4-13)19(24)22-12-11-18-14(2)25-20(23-18)16-7-9-17(21)10-8-16/h3-10H,11-12H2,1-2H3,(H,22,24). The number of nitrogens with one attached hydrogen (secondary N) is 1. The zero-order valence-corrected chi connectivity index (χ0v) is 14.2. The van der Waals surface area contributed by atoms with Crippen molar-refractivity contribution in [2.24, 2.45) is 0 Å². The van der Waals surface area contributed by atoms with Crippen molar-refractivity contribution < 1.29 is 13.6 Å². The third kappa shape index (κ3) is 4.12. The Morgan fingerprint density at radius 2 is 1.76 bits per heavy atom. The molecule has 0 aliphatic heterocycles. The molecule has 0 saturated carbocycles. The van der Waals surface area contributed by atoms with Crippen LogP contribution in [0.4, 0.5) is 4.39 Å². The number of rotatable bonds is 5. The SMILES string of the molecule is Cc1ccc(C(=O)NCCc2nc(-c3ccc(F)cc3)oc2C)cc1. The third-order valence-corrected chi connectivity index (χ3v) is 3.94. The van der Waals surface area contributed by atoms with E-state index < -0.39 is 0 Å². The highest BCUT2D eigenvalue weighted by molar-refractivity contribution is 5.94. The highest BCUT2D eigenvalue weighted by Gasteiger charge is 2.12. The fraction of sp³-hybridized carbons (Fsp3) is 0.200. The van der Waals surface area contributed by atoms with Gasteiger partial charge in [0.25, 0.3) is 5.91 Å². The number of amides is 1. The van der Waals surface area contributed by atoms with Crippen LogP contribution in [0.1, 0.15) is 27.4 Å². The van der Waals surface area contributed by atoms with E-state index in [1.165, 1.54) is 12.1 Å². The minimum absolute atomic E-state index is 0.111. The fourth-order valence-electron chi connectivity index (χ4n) is 2.48. The largest absolute Gasteiger partial charge is 0.441 e. The predicted molar refractivity (Wildman–Crippen MR) is 93.9 cm³/mol. The molecule has 1 heterocycles. The van der Waals surface area contributed by atoms with E-state index in [-0.39, 0.29) is 11.7 Å². The minimum Gasteiger partial charge on any atom is -0.441 e. The summed E-state index contributed by atoms with van der Waals surface area (Å²) in [5, 5.41) is 2.88. The molecule has 0 unspecified atom stereocenters. The summed E-state index contributed by atoms with van der Waals surface area (Å²) in [5.74, 6) is 0.743. The maximum Gasteiger partial charge on any atom is 0.251 e. The Morgan fingerprint density at radius 3 is 2.44 bits per heavy atom. The lowest BCUT2D eigenvalue weighted by Crippen LogP contribution is -2.25. The first-order chi connectivity index (χ1) is 12.0. The minimum atomic E-state index is -0.300. The molecule has 5 heteroatoms. The predicted octanol–water partition coefficient (Wildman–Crippen LogP) is 4.07. The van der Waals surface area contributed by atoms with Crippen LogP contribution in [0.3, 0.4) is 0 Å². The van der Waals surface area contributed by atoms with Crippen LogP contribution >= 0.6 is 0 Å². The second-order valence-corrected chi connectivity index (χ2v) is 5.90. The van der Waals surface area contributed by atoms with E-state index in [1.54, 1.807) is 24.3 Å². The van der Waals surface area contributed by atoms with E-state index >= 15 is 0 Å². The van der Waals surface area contributed by atoms with Crippen molar-refractivity contribution in [1.82, 2.24) is 10.3 Å². The smallest absolute Gasteiger partial charge is 0.251 e. The molecule has 0 radical (unpaired) electrons. The Bertz CT molecular complexity index is 868. The fourth-order valence-corrected chi connectivity index (χ4v) is 2.48. The van der Waals surface area contributed by atoms with Gasteiger partial charge >= 0.3 is 0 Å². The molecule has 0 atom stereocenters. The van der Waals surface area contributed by atoms with E-state index in [0.29, 0.717) is 30.2 Å². The summed E-state index contributed by atoms with van der Waals surface area (Å²) in [6.07, 6.45) is 0.564. The molecule has 1 aromatic heterocycles. The number of nitrogens with zero attached hydrogens (tertiary/aromatic N) is 1. The zero-order valence-electron chi connectivity index (χ0n) is 14.2. The lowest BCUT2D eigenvalue weighted by Gasteiger charge is -2.04.